The van der Waals surface area contributed by atoms with Gasteiger partial charge in [-0.3, -0.25) is 15.0 Å². The summed E-state index contributed by atoms with van der Waals surface area (Å²) < 4.78 is 37.3. The molecule has 2 aromatic carbocycles. The van der Waals surface area contributed by atoms with Crippen LogP contribution in [0.15, 0.2) is 54.6 Å². The molecule has 0 bridgehead atoms. The summed E-state index contributed by atoms with van der Waals surface area (Å²) in [6.45, 7) is 1.89. The number of nitrogens with two attached hydrogens (primary N) is 1. The number of halogens is 3. The molecular weight excluding hydrogens is 481 g/mol. The molecule has 1 aliphatic heterocycles. The number of ether oxygens (including phenoxy) is 1. The molecule has 0 radical (unpaired) electrons. The molecule has 1 aliphatic rings. The third-order valence-corrected chi connectivity index (χ3v) is 5.23. The van der Waals surface area contributed by atoms with E-state index >= 15 is 0 Å². The highest BCUT2D eigenvalue weighted by Gasteiger charge is 2.38. The first kappa shape index (κ1) is 28.1. The summed E-state index contributed by atoms with van der Waals surface area (Å²) in [5.41, 5.74) is 6.75. The largest absolute Gasteiger partial charge is 0.492 e. The minimum atomic E-state index is -5.08. The second kappa shape index (κ2) is 13.1. The molecule has 0 unspecified atom stereocenters. The Morgan fingerprint density at radius 2 is 1.64 bits per heavy atom. The van der Waals surface area contributed by atoms with E-state index in [1.807, 2.05) is 35.2 Å². The van der Waals surface area contributed by atoms with Crippen LogP contribution < -0.4 is 15.8 Å². The number of nitrogen functional groups attached to an aromatic ring is 1. The van der Waals surface area contributed by atoms with Crippen molar-refractivity contribution in [2.24, 2.45) is 11.7 Å². The summed E-state index contributed by atoms with van der Waals surface area (Å²) in [4.78, 5) is 35.6. The zero-order valence-electron chi connectivity index (χ0n) is 19.3. The number of piperidine rings is 1. The van der Waals surface area contributed by atoms with Crippen molar-refractivity contribution in [3.63, 3.8) is 0 Å². The van der Waals surface area contributed by atoms with Gasteiger partial charge in [0.05, 0.1) is 6.54 Å². The average Bonchev–Trinajstić information content (AvgIpc) is 2.86. The summed E-state index contributed by atoms with van der Waals surface area (Å²) in [7, 11) is 0. The van der Waals surface area contributed by atoms with Gasteiger partial charge in [-0.15, -0.1) is 0 Å². The molecule has 12 heteroatoms. The van der Waals surface area contributed by atoms with Crippen LogP contribution in [0.1, 0.15) is 28.8 Å². The fraction of sp³-hybridized carbons (Fsp3) is 0.333. The van der Waals surface area contributed by atoms with Gasteiger partial charge in [0.25, 0.3) is 5.91 Å². The van der Waals surface area contributed by atoms with Gasteiger partial charge < -0.3 is 25.8 Å². The molecule has 0 aliphatic carbocycles. The number of carboxylic acid groups (broad SMARTS) is 1. The van der Waals surface area contributed by atoms with Gasteiger partial charge in [0.2, 0.25) is 5.91 Å². The molecular formula is C24H27F3N4O5. The monoisotopic (exact) mass is 508 g/mol. The minimum absolute atomic E-state index is 0.00195. The first-order valence-corrected chi connectivity index (χ1v) is 11.0. The zero-order chi connectivity index (χ0) is 26.7. The number of amidine groups is 1. The van der Waals surface area contributed by atoms with Crippen molar-refractivity contribution in [3.8, 4) is 5.75 Å². The van der Waals surface area contributed by atoms with Gasteiger partial charge in [0, 0.05) is 30.1 Å². The SMILES string of the molecule is N=C(N)c1cccc(OCCNC(=O)C2CCN(C(=O)c3ccccc3)CC2)c1.O=C(O)C(F)(F)F. The lowest BCUT2D eigenvalue weighted by molar-refractivity contribution is -0.192. The molecule has 1 heterocycles. The number of hydrogen-bond acceptors (Lipinski definition) is 5. The van der Waals surface area contributed by atoms with E-state index in [4.69, 9.17) is 25.8 Å². The maximum atomic E-state index is 12.5. The molecule has 0 saturated carbocycles. The fourth-order valence-corrected chi connectivity index (χ4v) is 3.35. The summed E-state index contributed by atoms with van der Waals surface area (Å²) >= 11 is 0. The fourth-order valence-electron chi connectivity index (χ4n) is 3.35. The third-order valence-electron chi connectivity index (χ3n) is 5.23. The van der Waals surface area contributed by atoms with Gasteiger partial charge in [-0.2, -0.15) is 13.2 Å². The number of nitrogens with zero attached hydrogens (tertiary/aromatic N) is 1. The van der Waals surface area contributed by atoms with E-state index in [1.165, 1.54) is 0 Å². The van der Waals surface area contributed by atoms with Crippen molar-refractivity contribution in [1.29, 1.82) is 5.41 Å². The molecule has 0 atom stereocenters. The number of amides is 2. The van der Waals surface area contributed by atoms with E-state index < -0.39 is 12.1 Å². The second-order valence-electron chi connectivity index (χ2n) is 7.82. The number of carbonyl (C=O) groups excluding carboxylic acids is 2. The highest BCUT2D eigenvalue weighted by molar-refractivity contribution is 5.95. The Morgan fingerprint density at radius 3 is 2.19 bits per heavy atom. The summed E-state index contributed by atoms with van der Waals surface area (Å²) in [6, 6.07) is 16.2. The quantitative estimate of drug-likeness (QED) is 0.257. The van der Waals surface area contributed by atoms with Crippen LogP contribution in [-0.4, -0.2) is 66.0 Å². The van der Waals surface area contributed by atoms with Crippen LogP contribution in [0.25, 0.3) is 0 Å². The van der Waals surface area contributed by atoms with Crippen LogP contribution in [0.5, 0.6) is 5.75 Å². The molecule has 0 aromatic heterocycles. The first-order chi connectivity index (χ1) is 17.0. The van der Waals surface area contributed by atoms with Crippen LogP contribution in [0.2, 0.25) is 0 Å². The van der Waals surface area contributed by atoms with Crippen molar-refractivity contribution in [2.45, 2.75) is 19.0 Å². The molecule has 1 saturated heterocycles. The van der Waals surface area contributed by atoms with Crippen LogP contribution in [0, 0.1) is 11.3 Å². The number of alkyl halides is 3. The van der Waals surface area contributed by atoms with E-state index in [0.717, 1.165) is 0 Å². The average molecular weight is 508 g/mol. The highest BCUT2D eigenvalue weighted by Crippen LogP contribution is 2.19. The molecule has 0 spiro atoms. The number of likely N-dealkylation sites (tertiary alicyclic amines) is 1. The van der Waals surface area contributed by atoms with Gasteiger partial charge in [-0.25, -0.2) is 4.79 Å². The maximum absolute atomic E-state index is 12.5. The molecule has 2 aromatic rings. The van der Waals surface area contributed by atoms with Crippen LogP contribution in [-0.2, 0) is 9.59 Å². The Balaban J connectivity index is 0.000000572. The zero-order valence-corrected chi connectivity index (χ0v) is 19.3. The topological polar surface area (TPSA) is 146 Å². The van der Waals surface area contributed by atoms with Gasteiger partial charge in [0.15, 0.2) is 0 Å². The smallest absolute Gasteiger partial charge is 0.490 e. The van der Waals surface area contributed by atoms with E-state index in [2.05, 4.69) is 5.32 Å². The van der Waals surface area contributed by atoms with E-state index in [1.54, 1.807) is 24.3 Å². The van der Waals surface area contributed by atoms with Crippen LogP contribution in [0.4, 0.5) is 13.2 Å². The molecule has 3 rings (SSSR count). The number of aliphatic carboxylic acids is 1. The molecule has 36 heavy (non-hydrogen) atoms. The van der Waals surface area contributed by atoms with E-state index in [-0.39, 0.29) is 23.6 Å². The third kappa shape index (κ3) is 8.93. The van der Waals surface area contributed by atoms with Gasteiger partial charge in [0.1, 0.15) is 18.2 Å². The molecule has 2 amide bonds. The summed E-state index contributed by atoms with van der Waals surface area (Å²) in [5.74, 6) is -2.23. The van der Waals surface area contributed by atoms with Crippen LogP contribution in [0.3, 0.4) is 0 Å². The number of carboxylic acids is 1. The van der Waals surface area contributed by atoms with Crippen molar-refractivity contribution >= 4 is 23.6 Å². The van der Waals surface area contributed by atoms with Crippen molar-refractivity contribution in [1.82, 2.24) is 10.2 Å². The predicted octanol–water partition coefficient (Wildman–Crippen LogP) is 2.65. The lowest BCUT2D eigenvalue weighted by Gasteiger charge is -2.31. The Morgan fingerprint density at radius 1 is 1.06 bits per heavy atom. The Bertz CT molecular complexity index is 1060. The normalized spacial score (nSPS) is 13.7. The first-order valence-electron chi connectivity index (χ1n) is 11.0. The van der Waals surface area contributed by atoms with Gasteiger partial charge >= 0.3 is 12.1 Å². The number of nitrogens with one attached hydrogen (secondary N) is 2. The number of benzene rings is 2. The molecule has 194 valence electrons. The summed E-state index contributed by atoms with van der Waals surface area (Å²) in [5, 5.41) is 17.5. The highest BCUT2D eigenvalue weighted by atomic mass is 19.4. The van der Waals surface area contributed by atoms with Gasteiger partial charge in [-0.05, 0) is 37.1 Å². The number of rotatable bonds is 7. The lowest BCUT2D eigenvalue weighted by atomic mass is 9.95. The van der Waals surface area contributed by atoms with Crippen molar-refractivity contribution in [3.05, 3.63) is 65.7 Å². The molecule has 9 nitrogen and oxygen atoms in total. The van der Waals surface area contributed by atoms with Gasteiger partial charge in [-0.1, -0.05) is 30.3 Å². The van der Waals surface area contributed by atoms with E-state index in [0.29, 0.717) is 56.0 Å². The molecule has 5 N–H and O–H groups in total. The van der Waals surface area contributed by atoms with Crippen molar-refractivity contribution < 1.29 is 37.4 Å². The van der Waals surface area contributed by atoms with Crippen molar-refractivity contribution in [2.75, 3.05) is 26.2 Å². The maximum Gasteiger partial charge on any atom is 0.490 e. The lowest BCUT2D eigenvalue weighted by Crippen LogP contribution is -2.43. The number of carbonyl (C=O) groups is 3. The van der Waals surface area contributed by atoms with Crippen LogP contribution >= 0.6 is 0 Å². The second-order valence-corrected chi connectivity index (χ2v) is 7.82. The van der Waals surface area contributed by atoms with E-state index in [9.17, 15) is 22.8 Å². The Hall–Kier alpha value is -4.09. The predicted molar refractivity (Wildman–Crippen MR) is 125 cm³/mol. The standard InChI is InChI=1S/C22H26N4O3.C2HF3O2/c23-20(24)18-7-4-8-19(15-18)29-14-11-25-21(27)16-9-12-26(13-10-16)22(28)17-5-2-1-3-6-17;3-2(4,5)1(6)7/h1-8,15-16H,9-14H2,(H3,23,24)(H,25,27);(H,6,7). The minimum Gasteiger partial charge on any atom is -0.492 e. The summed E-state index contributed by atoms with van der Waals surface area (Å²) in [6.07, 6.45) is -3.77. The Labute approximate surface area is 205 Å². The number of hydrogen-bond donors (Lipinski definition) is 4. The molecule has 1 fully saturated rings. The Kier molecular flexibility index (Phi) is 10.3.